The summed E-state index contributed by atoms with van der Waals surface area (Å²) in [7, 11) is 0. The van der Waals surface area contributed by atoms with Crippen LogP contribution in [0.1, 0.15) is 52.7 Å². The van der Waals surface area contributed by atoms with Gasteiger partial charge in [-0.1, -0.05) is 30.3 Å². The first-order chi connectivity index (χ1) is 16.0. The van der Waals surface area contributed by atoms with Gasteiger partial charge in [-0.3, -0.25) is 9.59 Å². The van der Waals surface area contributed by atoms with Gasteiger partial charge in [0, 0.05) is 31.2 Å². The first kappa shape index (κ1) is 22.6. The number of carbonyl (C=O) groups excluding carboxylic acids is 2. The topological polar surface area (TPSA) is 71.3 Å². The Labute approximate surface area is 192 Å². The fourth-order valence-electron chi connectivity index (χ4n) is 4.33. The minimum Gasteiger partial charge on any atom is -0.338 e. The summed E-state index contributed by atoms with van der Waals surface area (Å²) in [6, 6.07) is 15.2. The van der Waals surface area contributed by atoms with E-state index in [0.29, 0.717) is 42.3 Å². The number of likely N-dealkylation sites (tertiary alicyclic amines) is 1. The Morgan fingerprint density at radius 1 is 1.06 bits per heavy atom. The summed E-state index contributed by atoms with van der Waals surface area (Å²) in [5, 5.41) is 8.30. The Kier molecular flexibility index (Phi) is 6.82. The van der Waals surface area contributed by atoms with Gasteiger partial charge in [0.2, 0.25) is 0 Å². The molecule has 0 aliphatic carbocycles. The predicted molar refractivity (Wildman–Crippen MR) is 123 cm³/mol. The van der Waals surface area contributed by atoms with Crippen LogP contribution < -0.4 is 0 Å². The fraction of sp³-hybridized carbons (Fsp3) is 0.360. The highest BCUT2D eigenvalue weighted by atomic mass is 19.1. The maximum absolute atomic E-state index is 13.5. The molecule has 1 saturated heterocycles. The summed E-state index contributed by atoms with van der Waals surface area (Å²) in [4.78, 5) is 30.0. The SMILES string of the molecule is CCCN(C(=O)c1nnn(-c2ccc(F)cc2)c1C)C1CCN(C(=O)c2ccccc2)CC1. The molecule has 0 spiro atoms. The van der Waals surface area contributed by atoms with Gasteiger partial charge in [0.05, 0.1) is 11.4 Å². The molecule has 7 nitrogen and oxygen atoms in total. The first-order valence-electron chi connectivity index (χ1n) is 11.3. The molecule has 0 atom stereocenters. The molecule has 1 aromatic heterocycles. The van der Waals surface area contributed by atoms with Crippen molar-refractivity contribution < 1.29 is 14.0 Å². The van der Waals surface area contributed by atoms with Crippen LogP contribution in [0.15, 0.2) is 54.6 Å². The number of nitrogens with zero attached hydrogens (tertiary/aromatic N) is 5. The van der Waals surface area contributed by atoms with E-state index in [9.17, 15) is 14.0 Å². The van der Waals surface area contributed by atoms with Gasteiger partial charge in [-0.2, -0.15) is 0 Å². The Bertz CT molecular complexity index is 1110. The van der Waals surface area contributed by atoms with Crippen molar-refractivity contribution in [1.82, 2.24) is 24.8 Å². The van der Waals surface area contributed by atoms with Crippen molar-refractivity contribution in [1.29, 1.82) is 0 Å². The van der Waals surface area contributed by atoms with Crippen LogP contribution in [0.4, 0.5) is 4.39 Å². The first-order valence-corrected chi connectivity index (χ1v) is 11.3. The van der Waals surface area contributed by atoms with Crippen molar-refractivity contribution in [3.8, 4) is 5.69 Å². The average molecular weight is 450 g/mol. The monoisotopic (exact) mass is 449 g/mol. The van der Waals surface area contributed by atoms with Gasteiger partial charge in [-0.05, 0) is 62.6 Å². The fourth-order valence-corrected chi connectivity index (χ4v) is 4.33. The average Bonchev–Trinajstić information content (AvgIpc) is 3.24. The van der Waals surface area contributed by atoms with Gasteiger partial charge in [0.25, 0.3) is 11.8 Å². The van der Waals surface area contributed by atoms with Gasteiger partial charge in [0.1, 0.15) is 5.82 Å². The molecular weight excluding hydrogens is 421 g/mol. The van der Waals surface area contributed by atoms with Crippen LogP contribution in [0.5, 0.6) is 0 Å². The minimum atomic E-state index is -0.334. The molecule has 2 amide bonds. The third-order valence-corrected chi connectivity index (χ3v) is 6.11. The van der Waals surface area contributed by atoms with Crippen LogP contribution in [0, 0.1) is 12.7 Å². The van der Waals surface area contributed by atoms with E-state index in [1.165, 1.54) is 12.1 Å². The Balaban J connectivity index is 1.47. The maximum atomic E-state index is 13.5. The van der Waals surface area contributed by atoms with E-state index in [0.717, 1.165) is 19.3 Å². The Morgan fingerprint density at radius 2 is 1.73 bits per heavy atom. The van der Waals surface area contributed by atoms with Gasteiger partial charge in [-0.25, -0.2) is 9.07 Å². The molecular formula is C25H28FN5O2. The zero-order chi connectivity index (χ0) is 23.4. The Hall–Kier alpha value is -3.55. The maximum Gasteiger partial charge on any atom is 0.276 e. The lowest BCUT2D eigenvalue weighted by Gasteiger charge is -2.38. The van der Waals surface area contributed by atoms with Crippen LogP contribution in [-0.4, -0.2) is 62.3 Å². The van der Waals surface area contributed by atoms with E-state index in [2.05, 4.69) is 10.3 Å². The Morgan fingerprint density at radius 3 is 2.36 bits per heavy atom. The number of piperidine rings is 1. The molecule has 0 saturated carbocycles. The largest absolute Gasteiger partial charge is 0.338 e. The van der Waals surface area contributed by atoms with Crippen LogP contribution >= 0.6 is 0 Å². The summed E-state index contributed by atoms with van der Waals surface area (Å²) in [6.07, 6.45) is 2.25. The minimum absolute atomic E-state index is 0.0282. The number of halogens is 1. The smallest absolute Gasteiger partial charge is 0.276 e. The summed E-state index contributed by atoms with van der Waals surface area (Å²) >= 11 is 0. The van der Waals surface area contributed by atoms with Crippen molar-refractivity contribution in [2.75, 3.05) is 19.6 Å². The van der Waals surface area contributed by atoms with Gasteiger partial charge in [0.15, 0.2) is 5.69 Å². The van der Waals surface area contributed by atoms with Gasteiger partial charge in [-0.15, -0.1) is 5.10 Å². The lowest BCUT2D eigenvalue weighted by atomic mass is 10.0. The molecule has 1 aliphatic heterocycles. The zero-order valence-corrected chi connectivity index (χ0v) is 18.9. The summed E-state index contributed by atoms with van der Waals surface area (Å²) in [6.45, 7) is 5.65. The molecule has 2 aromatic carbocycles. The van der Waals surface area contributed by atoms with Crippen LogP contribution in [0.2, 0.25) is 0 Å². The number of aromatic nitrogens is 3. The third kappa shape index (κ3) is 4.79. The number of hydrogen-bond donors (Lipinski definition) is 0. The van der Waals surface area contributed by atoms with Crippen molar-refractivity contribution in [3.63, 3.8) is 0 Å². The highest BCUT2D eigenvalue weighted by Crippen LogP contribution is 2.22. The molecule has 1 fully saturated rings. The second kappa shape index (κ2) is 9.94. The highest BCUT2D eigenvalue weighted by Gasteiger charge is 2.32. The summed E-state index contributed by atoms with van der Waals surface area (Å²) in [5.74, 6) is -0.463. The number of rotatable bonds is 6. The van der Waals surface area contributed by atoms with E-state index in [1.807, 2.05) is 47.1 Å². The molecule has 8 heteroatoms. The van der Waals surface area contributed by atoms with Crippen molar-refractivity contribution in [2.45, 2.75) is 39.2 Å². The molecule has 0 radical (unpaired) electrons. The second-order valence-electron chi connectivity index (χ2n) is 8.30. The van der Waals surface area contributed by atoms with Crippen LogP contribution in [-0.2, 0) is 0 Å². The van der Waals surface area contributed by atoms with Crippen molar-refractivity contribution >= 4 is 11.8 Å². The molecule has 33 heavy (non-hydrogen) atoms. The standard InChI is InChI=1S/C25H28FN5O2/c1-3-15-30(21-13-16-29(17-14-21)24(32)19-7-5-4-6-8-19)25(33)23-18(2)31(28-27-23)22-11-9-20(26)10-12-22/h4-12,21H,3,13-17H2,1-2H3. The van der Waals surface area contributed by atoms with E-state index < -0.39 is 0 Å². The van der Waals surface area contributed by atoms with E-state index in [-0.39, 0.29) is 23.7 Å². The number of hydrogen-bond acceptors (Lipinski definition) is 4. The van der Waals surface area contributed by atoms with E-state index in [1.54, 1.807) is 23.7 Å². The molecule has 4 rings (SSSR count). The summed E-state index contributed by atoms with van der Waals surface area (Å²) in [5.41, 5.74) is 2.25. The molecule has 3 aromatic rings. The zero-order valence-electron chi connectivity index (χ0n) is 18.9. The third-order valence-electron chi connectivity index (χ3n) is 6.11. The molecule has 0 N–H and O–H groups in total. The predicted octanol–water partition coefficient (Wildman–Crippen LogP) is 3.87. The number of amides is 2. The second-order valence-corrected chi connectivity index (χ2v) is 8.30. The molecule has 0 unspecified atom stereocenters. The van der Waals surface area contributed by atoms with Crippen molar-refractivity contribution in [3.05, 3.63) is 77.4 Å². The lowest BCUT2D eigenvalue weighted by Crippen LogP contribution is -2.49. The van der Waals surface area contributed by atoms with Gasteiger partial charge >= 0.3 is 0 Å². The normalized spacial score (nSPS) is 14.3. The lowest BCUT2D eigenvalue weighted by molar-refractivity contribution is 0.0515. The van der Waals surface area contributed by atoms with Gasteiger partial charge < -0.3 is 9.80 Å². The number of carbonyl (C=O) groups is 2. The molecule has 2 heterocycles. The highest BCUT2D eigenvalue weighted by molar-refractivity contribution is 5.95. The summed E-state index contributed by atoms with van der Waals surface area (Å²) < 4.78 is 14.8. The molecule has 0 bridgehead atoms. The van der Waals surface area contributed by atoms with Crippen LogP contribution in [0.25, 0.3) is 5.69 Å². The van der Waals surface area contributed by atoms with E-state index >= 15 is 0 Å². The van der Waals surface area contributed by atoms with Crippen LogP contribution in [0.3, 0.4) is 0 Å². The molecule has 1 aliphatic rings. The van der Waals surface area contributed by atoms with E-state index in [4.69, 9.17) is 0 Å². The quantitative estimate of drug-likeness (QED) is 0.573. The number of benzene rings is 2. The van der Waals surface area contributed by atoms with Crippen molar-refractivity contribution in [2.24, 2.45) is 0 Å². The molecule has 172 valence electrons.